The van der Waals surface area contributed by atoms with E-state index in [1.165, 1.54) is 0 Å². The summed E-state index contributed by atoms with van der Waals surface area (Å²) < 4.78 is 1.77. The summed E-state index contributed by atoms with van der Waals surface area (Å²) in [5.41, 5.74) is 1.10. The minimum Gasteiger partial charge on any atom is -0.354 e. The lowest BCUT2D eigenvalue weighted by Crippen LogP contribution is -2.43. The van der Waals surface area contributed by atoms with Crippen LogP contribution < -0.4 is 4.90 Å². The second-order valence-electron chi connectivity index (χ2n) is 7.83. The zero-order valence-corrected chi connectivity index (χ0v) is 16.9. The van der Waals surface area contributed by atoms with Crippen LogP contribution in [0.1, 0.15) is 48.8 Å². The van der Waals surface area contributed by atoms with Gasteiger partial charge in [-0.15, -0.1) is 0 Å². The van der Waals surface area contributed by atoms with Gasteiger partial charge in [0.05, 0.1) is 0 Å². The number of amides is 1. The van der Waals surface area contributed by atoms with Gasteiger partial charge in [-0.3, -0.25) is 9.48 Å². The quantitative estimate of drug-likeness (QED) is 0.792. The van der Waals surface area contributed by atoms with Crippen LogP contribution in [0.5, 0.6) is 0 Å². The first-order chi connectivity index (χ1) is 14.2. The highest BCUT2D eigenvalue weighted by atomic mass is 16.2. The molecule has 2 saturated heterocycles. The van der Waals surface area contributed by atoms with Crippen LogP contribution >= 0.6 is 0 Å². The van der Waals surface area contributed by atoms with Gasteiger partial charge in [0, 0.05) is 51.3 Å². The summed E-state index contributed by atoms with van der Waals surface area (Å²) in [6.45, 7) is 6.17. The van der Waals surface area contributed by atoms with E-state index in [9.17, 15) is 10.1 Å². The number of piperidine rings is 2. The molecule has 29 heavy (non-hydrogen) atoms. The Labute approximate surface area is 171 Å². The molecule has 0 saturated carbocycles. The maximum absolute atomic E-state index is 12.8. The topological polar surface area (TPSA) is 90.9 Å². The molecule has 0 aromatic carbocycles. The maximum atomic E-state index is 12.8. The van der Waals surface area contributed by atoms with Crippen molar-refractivity contribution in [2.75, 3.05) is 31.1 Å². The molecule has 2 aromatic rings. The van der Waals surface area contributed by atoms with Gasteiger partial charge in [-0.1, -0.05) is 0 Å². The number of hydrogen-bond acceptors (Lipinski definition) is 6. The van der Waals surface area contributed by atoms with Crippen LogP contribution in [-0.4, -0.2) is 56.7 Å². The lowest BCUT2D eigenvalue weighted by atomic mass is 9.78. The number of aryl methyl sites for hydroxylation is 1. The molecule has 0 atom stereocenters. The molecule has 0 bridgehead atoms. The number of rotatable bonds is 4. The molecule has 0 spiro atoms. The normalized spacial score (nSPS) is 18.6. The number of anilines is 1. The fourth-order valence-electron chi connectivity index (χ4n) is 4.73. The van der Waals surface area contributed by atoms with E-state index >= 15 is 0 Å². The zero-order valence-electron chi connectivity index (χ0n) is 16.9. The Morgan fingerprint density at radius 1 is 1.07 bits per heavy atom. The Balaban J connectivity index is 1.30. The summed E-state index contributed by atoms with van der Waals surface area (Å²) >= 11 is 0. The van der Waals surface area contributed by atoms with Crippen molar-refractivity contribution in [3.8, 4) is 6.07 Å². The first kappa shape index (κ1) is 19.4. The average Bonchev–Trinajstić information content (AvgIpc) is 3.28. The van der Waals surface area contributed by atoms with Gasteiger partial charge in [0.15, 0.2) is 11.5 Å². The standard InChI is InChI=1S/C21H27N7O/c1-2-28-19(3-8-25-28)21(29)27-13-6-17(7-14-27)16-4-11-26(12-5-16)20-18(15-22)23-9-10-24-20/h3,8-10,16-17H,2,4-7,11-14H2,1H3. The number of aromatic nitrogens is 4. The molecule has 2 aliphatic heterocycles. The minimum absolute atomic E-state index is 0.101. The van der Waals surface area contributed by atoms with Crippen molar-refractivity contribution in [3.05, 3.63) is 36.0 Å². The van der Waals surface area contributed by atoms with Gasteiger partial charge in [0.1, 0.15) is 11.8 Å². The highest BCUT2D eigenvalue weighted by molar-refractivity contribution is 5.92. The van der Waals surface area contributed by atoms with Crippen LogP contribution in [0, 0.1) is 23.2 Å². The molecule has 4 heterocycles. The van der Waals surface area contributed by atoms with Gasteiger partial charge in [0.2, 0.25) is 0 Å². The average molecular weight is 393 g/mol. The van der Waals surface area contributed by atoms with Crippen LogP contribution in [0.2, 0.25) is 0 Å². The monoisotopic (exact) mass is 393 g/mol. The van der Waals surface area contributed by atoms with E-state index in [-0.39, 0.29) is 5.91 Å². The Bertz CT molecular complexity index is 886. The van der Waals surface area contributed by atoms with Gasteiger partial charge in [-0.05, 0) is 50.5 Å². The van der Waals surface area contributed by atoms with Crippen LogP contribution in [0.15, 0.2) is 24.7 Å². The minimum atomic E-state index is 0.101. The second-order valence-corrected chi connectivity index (χ2v) is 7.83. The first-order valence-corrected chi connectivity index (χ1v) is 10.5. The van der Waals surface area contributed by atoms with Gasteiger partial charge in [-0.25, -0.2) is 9.97 Å². The molecular weight excluding hydrogens is 366 g/mol. The molecule has 8 nitrogen and oxygen atoms in total. The number of nitrogens with zero attached hydrogens (tertiary/aromatic N) is 7. The van der Waals surface area contributed by atoms with Crippen LogP contribution in [-0.2, 0) is 6.54 Å². The summed E-state index contributed by atoms with van der Waals surface area (Å²) in [5, 5.41) is 13.5. The van der Waals surface area contributed by atoms with E-state index in [0.29, 0.717) is 35.6 Å². The highest BCUT2D eigenvalue weighted by Crippen LogP contribution is 2.34. The predicted molar refractivity (Wildman–Crippen MR) is 108 cm³/mol. The van der Waals surface area contributed by atoms with E-state index < -0.39 is 0 Å². The smallest absolute Gasteiger partial charge is 0.272 e. The lowest BCUT2D eigenvalue weighted by molar-refractivity contribution is 0.0633. The molecule has 2 aromatic heterocycles. The largest absolute Gasteiger partial charge is 0.354 e. The fraction of sp³-hybridized carbons (Fsp3) is 0.571. The lowest BCUT2D eigenvalue weighted by Gasteiger charge is -2.40. The van der Waals surface area contributed by atoms with Crippen molar-refractivity contribution in [1.82, 2.24) is 24.6 Å². The first-order valence-electron chi connectivity index (χ1n) is 10.5. The van der Waals surface area contributed by atoms with E-state index in [1.54, 1.807) is 23.3 Å². The molecule has 0 N–H and O–H groups in total. The molecular formula is C21H27N7O. The Hall–Kier alpha value is -2.95. The third-order valence-electron chi connectivity index (χ3n) is 6.35. The Kier molecular flexibility index (Phi) is 5.74. The zero-order chi connectivity index (χ0) is 20.2. The number of carbonyl (C=O) groups excluding carboxylic acids is 1. The van der Waals surface area contributed by atoms with E-state index in [1.807, 2.05) is 17.9 Å². The SMILES string of the molecule is CCn1nccc1C(=O)N1CCC(C2CCN(c3nccnc3C#N)CC2)CC1. The van der Waals surface area contributed by atoms with Crippen molar-refractivity contribution >= 4 is 11.7 Å². The molecule has 0 aliphatic carbocycles. The molecule has 152 valence electrons. The van der Waals surface area contributed by atoms with Gasteiger partial charge < -0.3 is 9.80 Å². The van der Waals surface area contributed by atoms with E-state index in [2.05, 4.69) is 26.0 Å². The summed E-state index contributed by atoms with van der Waals surface area (Å²) in [7, 11) is 0. The van der Waals surface area contributed by atoms with E-state index in [0.717, 1.165) is 51.9 Å². The van der Waals surface area contributed by atoms with Gasteiger partial charge in [-0.2, -0.15) is 10.4 Å². The maximum Gasteiger partial charge on any atom is 0.272 e. The number of nitriles is 1. The molecule has 0 unspecified atom stereocenters. The molecule has 2 fully saturated rings. The fourth-order valence-corrected chi connectivity index (χ4v) is 4.73. The Morgan fingerprint density at radius 3 is 2.38 bits per heavy atom. The molecule has 8 heteroatoms. The van der Waals surface area contributed by atoms with Gasteiger partial charge >= 0.3 is 0 Å². The summed E-state index contributed by atoms with van der Waals surface area (Å²) in [5.74, 6) is 2.15. The third-order valence-corrected chi connectivity index (χ3v) is 6.35. The van der Waals surface area contributed by atoms with Crippen molar-refractivity contribution in [3.63, 3.8) is 0 Å². The highest BCUT2D eigenvalue weighted by Gasteiger charge is 2.32. The summed E-state index contributed by atoms with van der Waals surface area (Å²) in [6, 6.07) is 3.96. The molecule has 1 amide bonds. The number of carbonyl (C=O) groups is 1. The predicted octanol–water partition coefficient (Wildman–Crippen LogP) is 2.33. The summed E-state index contributed by atoms with van der Waals surface area (Å²) in [4.78, 5) is 25.5. The Morgan fingerprint density at radius 2 is 1.72 bits per heavy atom. The van der Waals surface area contributed by atoms with E-state index in [4.69, 9.17) is 0 Å². The van der Waals surface area contributed by atoms with Crippen molar-refractivity contribution < 1.29 is 4.79 Å². The van der Waals surface area contributed by atoms with Crippen LogP contribution in [0.4, 0.5) is 5.82 Å². The van der Waals surface area contributed by atoms with Crippen LogP contribution in [0.3, 0.4) is 0 Å². The summed E-state index contributed by atoms with van der Waals surface area (Å²) in [6.07, 6.45) is 9.24. The van der Waals surface area contributed by atoms with Crippen molar-refractivity contribution in [2.45, 2.75) is 39.2 Å². The third kappa shape index (κ3) is 3.95. The van der Waals surface area contributed by atoms with Crippen molar-refractivity contribution in [1.29, 1.82) is 5.26 Å². The van der Waals surface area contributed by atoms with Gasteiger partial charge in [0.25, 0.3) is 5.91 Å². The number of likely N-dealkylation sites (tertiary alicyclic amines) is 1. The molecule has 4 rings (SSSR count). The molecule has 2 aliphatic rings. The number of hydrogen-bond donors (Lipinski definition) is 0. The van der Waals surface area contributed by atoms with Crippen LogP contribution in [0.25, 0.3) is 0 Å². The molecule has 0 radical (unpaired) electrons. The van der Waals surface area contributed by atoms with Crippen molar-refractivity contribution in [2.24, 2.45) is 11.8 Å². The second kappa shape index (κ2) is 8.60.